The normalized spacial score (nSPS) is 15.5. The quantitative estimate of drug-likeness (QED) is 0.469. The van der Waals surface area contributed by atoms with Gasteiger partial charge in [-0.3, -0.25) is 4.57 Å². The molecule has 0 fully saturated rings. The van der Waals surface area contributed by atoms with E-state index in [1.54, 1.807) is 13.0 Å². The van der Waals surface area contributed by atoms with Gasteiger partial charge >= 0.3 is 5.97 Å². The van der Waals surface area contributed by atoms with Gasteiger partial charge in [-0.1, -0.05) is 54.6 Å². The molecule has 1 atom stereocenters. The van der Waals surface area contributed by atoms with Crippen molar-refractivity contribution in [1.82, 2.24) is 9.55 Å². The van der Waals surface area contributed by atoms with Crippen molar-refractivity contribution in [2.45, 2.75) is 13.0 Å². The summed E-state index contributed by atoms with van der Waals surface area (Å²) >= 11 is 0. The van der Waals surface area contributed by atoms with Gasteiger partial charge in [0.15, 0.2) is 0 Å². The zero-order valence-electron chi connectivity index (χ0n) is 16.9. The molecule has 0 unspecified atom stereocenters. The average Bonchev–Trinajstić information content (AvgIpc) is 3.17. The predicted octanol–water partition coefficient (Wildman–Crippen LogP) is 5.16. The van der Waals surface area contributed by atoms with Gasteiger partial charge in [-0.25, -0.2) is 14.2 Å². The molecule has 1 N–H and O–H groups in total. The number of carbonyl (C=O) groups is 1. The van der Waals surface area contributed by atoms with E-state index in [1.807, 2.05) is 65.2 Å². The molecule has 31 heavy (non-hydrogen) atoms. The Hall–Kier alpha value is -3.93. The van der Waals surface area contributed by atoms with E-state index in [9.17, 15) is 9.18 Å². The summed E-state index contributed by atoms with van der Waals surface area (Å²) in [7, 11) is 0. The fourth-order valence-corrected chi connectivity index (χ4v) is 4.09. The lowest BCUT2D eigenvalue weighted by molar-refractivity contribution is -0.138. The molecule has 0 saturated heterocycles. The Labute approximate surface area is 178 Å². The van der Waals surface area contributed by atoms with E-state index < -0.39 is 12.0 Å². The molecular formula is C25H20FN3O2. The number of hydrogen-bond acceptors (Lipinski definition) is 4. The lowest BCUT2D eigenvalue weighted by Crippen LogP contribution is -2.29. The number of benzene rings is 3. The molecule has 154 valence electrons. The summed E-state index contributed by atoms with van der Waals surface area (Å²) < 4.78 is 21.6. The highest BCUT2D eigenvalue weighted by atomic mass is 19.1. The largest absolute Gasteiger partial charge is 0.463 e. The highest BCUT2D eigenvalue weighted by molar-refractivity contribution is 6.03. The number of hydrogen-bond donors (Lipinski definition) is 1. The summed E-state index contributed by atoms with van der Waals surface area (Å²) in [6.45, 7) is 2.00. The fourth-order valence-electron chi connectivity index (χ4n) is 4.09. The fraction of sp³-hybridized carbons (Fsp3) is 0.120. The van der Waals surface area contributed by atoms with Crippen LogP contribution in [0.4, 0.5) is 10.3 Å². The van der Waals surface area contributed by atoms with E-state index in [-0.39, 0.29) is 12.4 Å². The Morgan fingerprint density at radius 1 is 1.06 bits per heavy atom. The molecule has 5 rings (SSSR count). The Kier molecular flexibility index (Phi) is 4.75. The van der Waals surface area contributed by atoms with Crippen LogP contribution in [-0.2, 0) is 9.53 Å². The van der Waals surface area contributed by atoms with E-state index in [0.717, 1.165) is 16.6 Å². The molecule has 1 aliphatic heterocycles. The number of nitrogens with one attached hydrogen (secondary N) is 1. The highest BCUT2D eigenvalue weighted by Gasteiger charge is 2.36. The van der Waals surface area contributed by atoms with Gasteiger partial charge in [-0.05, 0) is 42.3 Å². The number of halogens is 1. The van der Waals surface area contributed by atoms with Crippen LogP contribution in [0.1, 0.15) is 24.1 Å². The van der Waals surface area contributed by atoms with Crippen molar-refractivity contribution in [2.75, 3.05) is 11.9 Å². The molecule has 6 heteroatoms. The molecule has 0 aliphatic carbocycles. The van der Waals surface area contributed by atoms with Crippen molar-refractivity contribution in [1.29, 1.82) is 0 Å². The number of nitrogens with zero attached hydrogens (tertiary/aromatic N) is 2. The number of imidazole rings is 1. The monoisotopic (exact) mass is 413 g/mol. The SMILES string of the molecule is CCOC(=O)C1=C(c2ccccc2)Nc2nc3ccccc3n2[C@H]1c1cccc(F)c1. The van der Waals surface area contributed by atoms with E-state index in [1.165, 1.54) is 12.1 Å². The molecular weight excluding hydrogens is 393 g/mol. The van der Waals surface area contributed by atoms with Gasteiger partial charge in [-0.2, -0.15) is 0 Å². The van der Waals surface area contributed by atoms with Crippen LogP contribution in [-0.4, -0.2) is 22.1 Å². The van der Waals surface area contributed by atoms with Gasteiger partial charge in [0.05, 0.1) is 35.0 Å². The standard InChI is InChI=1S/C25H20FN3O2/c1-2-31-24(30)21-22(16-9-4-3-5-10-16)28-25-27-19-13-6-7-14-20(19)29(25)23(21)17-11-8-12-18(26)15-17/h3-15,23H,2H2,1H3,(H,27,28)/t23-/m0/s1. The third-order valence-electron chi connectivity index (χ3n) is 5.36. The van der Waals surface area contributed by atoms with Crippen LogP contribution in [0, 0.1) is 5.82 Å². The minimum atomic E-state index is -0.603. The topological polar surface area (TPSA) is 56.1 Å². The van der Waals surface area contributed by atoms with E-state index in [4.69, 9.17) is 9.72 Å². The summed E-state index contributed by atoms with van der Waals surface area (Å²) in [5, 5.41) is 3.34. The molecule has 3 aromatic carbocycles. The lowest BCUT2D eigenvalue weighted by atomic mass is 9.92. The van der Waals surface area contributed by atoms with Crippen molar-refractivity contribution in [3.63, 3.8) is 0 Å². The summed E-state index contributed by atoms with van der Waals surface area (Å²) in [4.78, 5) is 18.0. The molecule has 5 nitrogen and oxygen atoms in total. The first-order valence-corrected chi connectivity index (χ1v) is 10.1. The summed E-state index contributed by atoms with van der Waals surface area (Å²) in [6.07, 6.45) is 0. The first-order chi connectivity index (χ1) is 15.2. The Morgan fingerprint density at radius 2 is 1.84 bits per heavy atom. The summed E-state index contributed by atoms with van der Waals surface area (Å²) in [5.41, 5.74) is 4.11. The van der Waals surface area contributed by atoms with E-state index in [0.29, 0.717) is 22.8 Å². The Bertz CT molecular complexity index is 1310. The maximum absolute atomic E-state index is 14.3. The van der Waals surface area contributed by atoms with Gasteiger partial charge in [-0.15, -0.1) is 0 Å². The van der Waals surface area contributed by atoms with Crippen LogP contribution in [0.3, 0.4) is 0 Å². The van der Waals surface area contributed by atoms with Gasteiger partial charge in [0.1, 0.15) is 5.82 Å². The first kappa shape index (κ1) is 19.1. The highest BCUT2D eigenvalue weighted by Crippen LogP contribution is 2.42. The van der Waals surface area contributed by atoms with E-state index >= 15 is 0 Å². The number of esters is 1. The molecule has 0 bridgehead atoms. The number of carbonyl (C=O) groups excluding carboxylic acids is 1. The molecule has 1 aromatic heterocycles. The zero-order chi connectivity index (χ0) is 21.4. The van der Waals surface area contributed by atoms with Gasteiger partial charge in [0.25, 0.3) is 0 Å². The van der Waals surface area contributed by atoms with Crippen LogP contribution in [0.15, 0.2) is 84.4 Å². The number of aromatic nitrogens is 2. The summed E-state index contributed by atoms with van der Waals surface area (Å²) in [5.74, 6) is -0.236. The minimum Gasteiger partial charge on any atom is -0.463 e. The maximum Gasteiger partial charge on any atom is 0.338 e. The first-order valence-electron chi connectivity index (χ1n) is 10.1. The van der Waals surface area contributed by atoms with Crippen LogP contribution < -0.4 is 5.32 Å². The average molecular weight is 413 g/mol. The molecule has 0 saturated carbocycles. The second kappa shape index (κ2) is 7.72. The lowest BCUT2D eigenvalue weighted by Gasteiger charge is -2.31. The van der Waals surface area contributed by atoms with Crippen molar-refractivity contribution >= 4 is 28.6 Å². The molecule has 0 radical (unpaired) electrons. The van der Waals surface area contributed by atoms with Crippen LogP contribution in [0.5, 0.6) is 0 Å². The number of rotatable bonds is 4. The number of ether oxygens (including phenoxy) is 1. The van der Waals surface area contributed by atoms with Gasteiger partial charge < -0.3 is 10.1 Å². The molecule has 2 heterocycles. The van der Waals surface area contributed by atoms with Crippen molar-refractivity contribution in [3.8, 4) is 0 Å². The smallest absolute Gasteiger partial charge is 0.338 e. The number of anilines is 1. The number of para-hydroxylation sites is 2. The maximum atomic E-state index is 14.3. The molecule has 0 amide bonds. The third-order valence-corrected chi connectivity index (χ3v) is 5.36. The Balaban J connectivity index is 1.84. The second-order valence-corrected chi connectivity index (χ2v) is 7.25. The van der Waals surface area contributed by atoms with Crippen LogP contribution in [0.25, 0.3) is 16.7 Å². The minimum absolute atomic E-state index is 0.234. The summed E-state index contributed by atoms with van der Waals surface area (Å²) in [6, 6.07) is 23.0. The van der Waals surface area contributed by atoms with Crippen molar-refractivity contribution in [3.05, 3.63) is 101 Å². The zero-order valence-corrected chi connectivity index (χ0v) is 16.9. The predicted molar refractivity (Wildman–Crippen MR) is 118 cm³/mol. The van der Waals surface area contributed by atoms with Crippen molar-refractivity contribution in [2.24, 2.45) is 0 Å². The number of fused-ring (bicyclic) bond motifs is 3. The molecule has 1 aliphatic rings. The van der Waals surface area contributed by atoms with E-state index in [2.05, 4.69) is 5.32 Å². The second-order valence-electron chi connectivity index (χ2n) is 7.25. The Morgan fingerprint density at radius 3 is 2.61 bits per heavy atom. The van der Waals surface area contributed by atoms with Gasteiger partial charge in [0.2, 0.25) is 5.95 Å². The van der Waals surface area contributed by atoms with Gasteiger partial charge in [0, 0.05) is 0 Å². The van der Waals surface area contributed by atoms with Crippen LogP contribution in [0.2, 0.25) is 0 Å². The third kappa shape index (κ3) is 3.26. The van der Waals surface area contributed by atoms with Crippen molar-refractivity contribution < 1.29 is 13.9 Å². The molecule has 4 aromatic rings. The molecule has 0 spiro atoms. The van der Waals surface area contributed by atoms with Crippen LogP contribution >= 0.6 is 0 Å².